The third kappa shape index (κ3) is 2.99. The van der Waals surface area contributed by atoms with Gasteiger partial charge >= 0.3 is 0 Å². The van der Waals surface area contributed by atoms with Crippen molar-refractivity contribution in [3.63, 3.8) is 0 Å². The van der Waals surface area contributed by atoms with Gasteiger partial charge in [-0.25, -0.2) is 4.98 Å². The number of carbonyl (C=O) groups is 2. The highest BCUT2D eigenvalue weighted by Crippen LogP contribution is 2.38. The molecule has 1 aliphatic heterocycles. The van der Waals surface area contributed by atoms with Gasteiger partial charge in [0.2, 0.25) is 5.91 Å². The molecule has 0 N–H and O–H groups in total. The molecule has 24 heavy (non-hydrogen) atoms. The molecule has 0 spiro atoms. The molecule has 1 aliphatic rings. The summed E-state index contributed by atoms with van der Waals surface area (Å²) < 4.78 is 4.93. The van der Waals surface area contributed by atoms with Crippen LogP contribution in [0.3, 0.4) is 0 Å². The molecule has 0 unspecified atom stereocenters. The number of fused-ring (bicyclic) bond motifs is 1. The van der Waals surface area contributed by atoms with Gasteiger partial charge in [-0.1, -0.05) is 0 Å². The lowest BCUT2D eigenvalue weighted by atomic mass is 9.97. The average molecular weight is 348 g/mol. The molecule has 3 heterocycles. The van der Waals surface area contributed by atoms with E-state index in [-0.39, 0.29) is 24.3 Å². The first-order chi connectivity index (χ1) is 11.5. The van der Waals surface area contributed by atoms with Crippen molar-refractivity contribution in [1.82, 2.24) is 19.8 Å². The maximum atomic E-state index is 12.6. The van der Waals surface area contributed by atoms with Crippen LogP contribution in [0.2, 0.25) is 0 Å². The Labute approximate surface area is 144 Å². The van der Waals surface area contributed by atoms with Gasteiger partial charge in [0.15, 0.2) is 0 Å². The Bertz CT molecular complexity index is 774. The van der Waals surface area contributed by atoms with Crippen LogP contribution in [0.4, 0.5) is 0 Å². The Morgan fingerprint density at radius 2 is 2.12 bits per heavy atom. The number of ether oxygens (including phenoxy) is 1. The number of nitrogens with zero attached hydrogens (tertiary/aromatic N) is 4. The molecule has 128 valence electrons. The van der Waals surface area contributed by atoms with Crippen LogP contribution in [0.25, 0.3) is 10.3 Å². The largest absolute Gasteiger partial charge is 0.375 e. The summed E-state index contributed by atoms with van der Waals surface area (Å²) in [5.41, 5.74) is 1.70. The minimum atomic E-state index is -0.0449. The van der Waals surface area contributed by atoms with E-state index < -0.39 is 0 Å². The Morgan fingerprint density at radius 3 is 2.83 bits per heavy atom. The first-order valence-electron chi connectivity index (χ1n) is 7.74. The van der Waals surface area contributed by atoms with Crippen molar-refractivity contribution in [2.75, 3.05) is 40.9 Å². The van der Waals surface area contributed by atoms with Crippen LogP contribution in [0, 0.1) is 0 Å². The van der Waals surface area contributed by atoms with E-state index in [1.54, 1.807) is 36.3 Å². The second kappa shape index (κ2) is 6.82. The second-order valence-corrected chi connectivity index (χ2v) is 7.01. The predicted molar refractivity (Wildman–Crippen MR) is 91.2 cm³/mol. The summed E-state index contributed by atoms with van der Waals surface area (Å²) in [6.45, 7) is 1.33. The normalized spacial score (nSPS) is 17.5. The zero-order chi connectivity index (χ0) is 17.3. The lowest BCUT2D eigenvalue weighted by molar-refractivity contribution is -0.134. The first kappa shape index (κ1) is 16.8. The Hall–Kier alpha value is -2.06. The molecular weight excluding hydrogens is 328 g/mol. The van der Waals surface area contributed by atoms with Crippen LogP contribution in [-0.4, -0.2) is 72.5 Å². The zero-order valence-electron chi connectivity index (χ0n) is 14.0. The maximum Gasteiger partial charge on any atom is 0.263 e. The van der Waals surface area contributed by atoms with Crippen LogP contribution in [0.1, 0.15) is 27.6 Å². The number of amides is 2. The molecular formula is C16H20N4O3S. The van der Waals surface area contributed by atoms with E-state index in [0.717, 1.165) is 22.3 Å². The van der Waals surface area contributed by atoms with Crippen LogP contribution >= 0.6 is 11.3 Å². The van der Waals surface area contributed by atoms with Gasteiger partial charge in [-0.15, -0.1) is 11.3 Å². The van der Waals surface area contributed by atoms with Crippen molar-refractivity contribution >= 4 is 33.5 Å². The zero-order valence-corrected chi connectivity index (χ0v) is 14.8. The van der Waals surface area contributed by atoms with Gasteiger partial charge in [0.05, 0.1) is 4.88 Å². The van der Waals surface area contributed by atoms with Crippen LogP contribution in [0.5, 0.6) is 0 Å². The first-order valence-corrected chi connectivity index (χ1v) is 8.56. The highest BCUT2D eigenvalue weighted by atomic mass is 32.1. The van der Waals surface area contributed by atoms with Gasteiger partial charge in [0.1, 0.15) is 17.0 Å². The SMILES string of the molecule is COCC(=O)N1CC[C@H](c2c(C(=O)N(C)C)sc3nccnc23)C1. The number of aromatic nitrogens is 2. The number of methoxy groups -OCH3 is 1. The molecule has 0 aromatic carbocycles. The number of likely N-dealkylation sites (tertiary alicyclic amines) is 1. The topological polar surface area (TPSA) is 75.6 Å². The molecule has 1 atom stereocenters. The third-order valence-corrected chi connectivity index (χ3v) is 5.27. The molecule has 2 amide bonds. The van der Waals surface area contributed by atoms with E-state index in [0.29, 0.717) is 18.0 Å². The van der Waals surface area contributed by atoms with Crippen molar-refractivity contribution in [3.8, 4) is 0 Å². The lowest BCUT2D eigenvalue weighted by Crippen LogP contribution is -2.31. The molecule has 1 saturated heterocycles. The van der Waals surface area contributed by atoms with E-state index in [1.807, 2.05) is 0 Å². The minimum absolute atomic E-state index is 0.0221. The number of rotatable bonds is 4. The molecule has 0 saturated carbocycles. The number of hydrogen-bond donors (Lipinski definition) is 0. The van der Waals surface area contributed by atoms with E-state index in [4.69, 9.17) is 4.74 Å². The van der Waals surface area contributed by atoms with Gasteiger partial charge in [-0.2, -0.15) is 0 Å². The summed E-state index contributed by atoms with van der Waals surface area (Å²) in [7, 11) is 4.99. The highest BCUT2D eigenvalue weighted by Gasteiger charge is 2.33. The van der Waals surface area contributed by atoms with Gasteiger partial charge in [0, 0.05) is 58.2 Å². The summed E-state index contributed by atoms with van der Waals surface area (Å²) in [4.78, 5) is 38.2. The molecule has 2 aromatic heterocycles. The lowest BCUT2D eigenvalue weighted by Gasteiger charge is -2.17. The summed E-state index contributed by atoms with van der Waals surface area (Å²) >= 11 is 1.37. The molecule has 3 rings (SSSR count). The Morgan fingerprint density at radius 1 is 1.38 bits per heavy atom. The van der Waals surface area contributed by atoms with E-state index in [2.05, 4.69) is 9.97 Å². The standard InChI is InChI=1S/C16H20N4O3S/c1-19(2)16(22)14-12(13-15(24-14)18-6-5-17-13)10-4-7-20(8-10)11(21)9-23-3/h5-6,10H,4,7-9H2,1-3H3/t10-/m0/s1. The molecule has 0 bridgehead atoms. The monoisotopic (exact) mass is 348 g/mol. The number of hydrogen-bond acceptors (Lipinski definition) is 6. The predicted octanol–water partition coefficient (Wildman–Crippen LogP) is 1.36. The van der Waals surface area contributed by atoms with Crippen LogP contribution < -0.4 is 0 Å². The third-order valence-electron chi connectivity index (χ3n) is 4.18. The van der Waals surface area contributed by atoms with Crippen molar-refractivity contribution in [1.29, 1.82) is 0 Å². The Balaban J connectivity index is 1.98. The molecule has 2 aromatic rings. The molecule has 8 heteroatoms. The van der Waals surface area contributed by atoms with Crippen molar-refractivity contribution in [2.24, 2.45) is 0 Å². The quantitative estimate of drug-likeness (QED) is 0.834. The summed E-state index contributed by atoms with van der Waals surface area (Å²) in [5.74, 6) is 0.0257. The molecule has 0 aliphatic carbocycles. The fourth-order valence-corrected chi connectivity index (χ4v) is 4.23. The molecule has 7 nitrogen and oxygen atoms in total. The summed E-state index contributed by atoms with van der Waals surface area (Å²) in [6, 6.07) is 0. The van der Waals surface area contributed by atoms with Crippen molar-refractivity contribution < 1.29 is 14.3 Å². The number of thiophene rings is 1. The van der Waals surface area contributed by atoms with Gasteiger partial charge in [-0.05, 0) is 6.42 Å². The highest BCUT2D eigenvalue weighted by molar-refractivity contribution is 7.20. The van der Waals surface area contributed by atoms with Crippen molar-refractivity contribution in [3.05, 3.63) is 22.8 Å². The maximum absolute atomic E-state index is 12.6. The van der Waals surface area contributed by atoms with E-state index in [9.17, 15) is 9.59 Å². The smallest absolute Gasteiger partial charge is 0.263 e. The van der Waals surface area contributed by atoms with Gasteiger partial charge in [-0.3, -0.25) is 14.6 Å². The minimum Gasteiger partial charge on any atom is -0.375 e. The Kier molecular flexibility index (Phi) is 4.77. The van der Waals surface area contributed by atoms with Gasteiger partial charge in [0.25, 0.3) is 5.91 Å². The number of carbonyl (C=O) groups excluding carboxylic acids is 2. The van der Waals surface area contributed by atoms with Crippen LogP contribution in [0.15, 0.2) is 12.4 Å². The summed E-state index contributed by atoms with van der Waals surface area (Å²) in [5, 5.41) is 0. The average Bonchev–Trinajstić information content (AvgIpc) is 3.18. The molecule has 1 fully saturated rings. The van der Waals surface area contributed by atoms with E-state index >= 15 is 0 Å². The fraction of sp³-hybridized carbons (Fsp3) is 0.500. The van der Waals surface area contributed by atoms with Crippen molar-refractivity contribution in [2.45, 2.75) is 12.3 Å². The molecule has 0 radical (unpaired) electrons. The van der Waals surface area contributed by atoms with Gasteiger partial charge < -0.3 is 14.5 Å². The summed E-state index contributed by atoms with van der Waals surface area (Å²) in [6.07, 6.45) is 4.09. The fourth-order valence-electron chi connectivity index (χ4n) is 3.02. The van der Waals surface area contributed by atoms with E-state index in [1.165, 1.54) is 18.4 Å². The van der Waals surface area contributed by atoms with Crippen LogP contribution in [-0.2, 0) is 9.53 Å². The second-order valence-electron chi connectivity index (χ2n) is 6.01.